The van der Waals surface area contributed by atoms with Gasteiger partial charge in [0.05, 0.1) is 0 Å². The molecule has 2 fully saturated rings. The van der Waals surface area contributed by atoms with Gasteiger partial charge in [0.25, 0.3) is 0 Å². The van der Waals surface area contributed by atoms with Crippen molar-refractivity contribution < 1.29 is 9.53 Å². The number of rotatable bonds is 3. The van der Waals surface area contributed by atoms with Crippen LogP contribution in [0.4, 0.5) is 4.79 Å². The number of piperidine rings is 1. The molecule has 5 nitrogen and oxygen atoms in total. The summed E-state index contributed by atoms with van der Waals surface area (Å²) in [5.41, 5.74) is 1.10. The van der Waals surface area contributed by atoms with Crippen molar-refractivity contribution in [3.63, 3.8) is 0 Å². The summed E-state index contributed by atoms with van der Waals surface area (Å²) in [5, 5.41) is 4.30. The number of fused-ring (bicyclic) bond motifs is 1. The molecule has 2 amide bonds. The average Bonchev–Trinajstić information content (AvgIpc) is 3.27. The Morgan fingerprint density at radius 1 is 1.12 bits per heavy atom. The van der Waals surface area contributed by atoms with E-state index in [2.05, 4.69) is 22.4 Å². The number of nitrogens with one attached hydrogen (secondary N) is 2. The number of hydrogen-bond donors (Lipinski definition) is 2. The minimum Gasteiger partial charge on any atom is -0.490 e. The van der Waals surface area contributed by atoms with E-state index in [-0.39, 0.29) is 12.1 Å². The number of carbonyl (C=O) groups excluding carboxylic acids is 1. The molecule has 0 atom stereocenters. The number of carbonyl (C=O) groups is 1. The third-order valence-electron chi connectivity index (χ3n) is 5.26. The molecule has 5 heteroatoms. The lowest BCUT2D eigenvalue weighted by Gasteiger charge is -2.33. The zero-order chi connectivity index (χ0) is 16.4. The molecule has 1 saturated carbocycles. The second kappa shape index (κ2) is 6.75. The van der Waals surface area contributed by atoms with Gasteiger partial charge in [-0.3, -0.25) is 0 Å². The SMILES string of the molecule is O=C(NC1CCCC1)N1CCC(Oc2cccc3[nH]ccc23)CC1. The first-order valence-corrected chi connectivity index (χ1v) is 9.08. The lowest BCUT2D eigenvalue weighted by Crippen LogP contribution is -2.48. The van der Waals surface area contributed by atoms with Crippen LogP contribution in [0.5, 0.6) is 5.75 Å². The third kappa shape index (κ3) is 3.21. The predicted octanol–water partition coefficient (Wildman–Crippen LogP) is 3.66. The molecule has 2 aliphatic rings. The number of urea groups is 1. The summed E-state index contributed by atoms with van der Waals surface area (Å²) < 4.78 is 6.21. The highest BCUT2D eigenvalue weighted by Crippen LogP contribution is 2.27. The van der Waals surface area contributed by atoms with E-state index in [1.165, 1.54) is 12.8 Å². The number of likely N-dealkylation sites (tertiary alicyclic amines) is 1. The van der Waals surface area contributed by atoms with Gasteiger partial charge in [-0.05, 0) is 31.0 Å². The Morgan fingerprint density at radius 2 is 1.92 bits per heavy atom. The number of aromatic nitrogens is 1. The van der Waals surface area contributed by atoms with E-state index in [0.29, 0.717) is 6.04 Å². The first-order valence-electron chi connectivity index (χ1n) is 9.08. The van der Waals surface area contributed by atoms with Gasteiger partial charge in [0.2, 0.25) is 0 Å². The summed E-state index contributed by atoms with van der Waals surface area (Å²) in [6.45, 7) is 1.54. The maximum Gasteiger partial charge on any atom is 0.317 e. The Bertz CT molecular complexity index is 697. The molecule has 1 aromatic heterocycles. The van der Waals surface area contributed by atoms with Crippen LogP contribution in [-0.2, 0) is 0 Å². The number of aromatic amines is 1. The van der Waals surface area contributed by atoms with Crippen molar-refractivity contribution in [1.29, 1.82) is 0 Å². The van der Waals surface area contributed by atoms with Crippen LogP contribution in [0.2, 0.25) is 0 Å². The van der Waals surface area contributed by atoms with Crippen molar-refractivity contribution in [3.05, 3.63) is 30.5 Å². The number of ether oxygens (including phenoxy) is 1. The lowest BCUT2D eigenvalue weighted by atomic mass is 10.1. The van der Waals surface area contributed by atoms with Crippen LogP contribution in [0.25, 0.3) is 10.9 Å². The van der Waals surface area contributed by atoms with Gasteiger partial charge in [-0.15, -0.1) is 0 Å². The minimum absolute atomic E-state index is 0.105. The van der Waals surface area contributed by atoms with Crippen LogP contribution >= 0.6 is 0 Å². The standard InChI is InChI=1S/C19H25N3O2/c23-19(21-14-4-1-2-5-14)22-12-9-15(10-13-22)24-18-7-3-6-17-16(18)8-11-20-17/h3,6-8,11,14-15,20H,1-2,4-5,9-10,12-13H2,(H,21,23). The first kappa shape index (κ1) is 15.4. The average molecular weight is 327 g/mol. The Balaban J connectivity index is 1.31. The second-order valence-corrected chi connectivity index (χ2v) is 6.93. The van der Waals surface area contributed by atoms with Gasteiger partial charge in [-0.25, -0.2) is 4.79 Å². The van der Waals surface area contributed by atoms with Crippen molar-refractivity contribution in [2.45, 2.75) is 50.7 Å². The molecule has 0 radical (unpaired) electrons. The molecule has 2 heterocycles. The fourth-order valence-corrected chi connectivity index (χ4v) is 3.85. The molecule has 4 rings (SSSR count). The predicted molar refractivity (Wildman–Crippen MR) is 94.3 cm³/mol. The zero-order valence-corrected chi connectivity index (χ0v) is 14.0. The fraction of sp³-hybridized carbons (Fsp3) is 0.526. The van der Waals surface area contributed by atoms with Gasteiger partial charge in [-0.2, -0.15) is 0 Å². The fourth-order valence-electron chi connectivity index (χ4n) is 3.85. The van der Waals surface area contributed by atoms with Gasteiger partial charge in [0.1, 0.15) is 11.9 Å². The van der Waals surface area contributed by atoms with Crippen LogP contribution in [0.15, 0.2) is 30.5 Å². The van der Waals surface area contributed by atoms with Gasteiger partial charge in [0, 0.05) is 49.1 Å². The molecule has 0 unspecified atom stereocenters. The van der Waals surface area contributed by atoms with Crippen LogP contribution < -0.4 is 10.1 Å². The van der Waals surface area contributed by atoms with Gasteiger partial charge < -0.3 is 19.9 Å². The summed E-state index contributed by atoms with van der Waals surface area (Å²) in [6, 6.07) is 8.63. The number of nitrogens with zero attached hydrogens (tertiary/aromatic N) is 1. The Labute approximate surface area is 142 Å². The van der Waals surface area contributed by atoms with E-state index < -0.39 is 0 Å². The van der Waals surface area contributed by atoms with Crippen molar-refractivity contribution in [3.8, 4) is 5.75 Å². The first-order chi connectivity index (χ1) is 11.8. The lowest BCUT2D eigenvalue weighted by molar-refractivity contribution is 0.111. The van der Waals surface area contributed by atoms with E-state index >= 15 is 0 Å². The quantitative estimate of drug-likeness (QED) is 0.904. The van der Waals surface area contributed by atoms with Crippen LogP contribution in [0, 0.1) is 0 Å². The smallest absolute Gasteiger partial charge is 0.317 e. The largest absolute Gasteiger partial charge is 0.490 e. The highest BCUT2D eigenvalue weighted by atomic mass is 16.5. The van der Waals surface area contributed by atoms with Crippen LogP contribution in [0.3, 0.4) is 0 Å². The maximum atomic E-state index is 12.3. The second-order valence-electron chi connectivity index (χ2n) is 6.93. The summed E-state index contributed by atoms with van der Waals surface area (Å²) in [5.74, 6) is 0.933. The monoisotopic (exact) mass is 327 g/mol. The molecular weight excluding hydrogens is 302 g/mol. The van der Waals surface area contributed by atoms with Gasteiger partial charge >= 0.3 is 6.03 Å². The van der Waals surface area contributed by atoms with E-state index in [1.807, 2.05) is 23.2 Å². The molecule has 1 aliphatic carbocycles. The minimum atomic E-state index is 0.105. The van der Waals surface area contributed by atoms with Crippen molar-refractivity contribution in [2.24, 2.45) is 0 Å². The highest BCUT2D eigenvalue weighted by molar-refractivity contribution is 5.85. The molecule has 2 aromatic rings. The highest BCUT2D eigenvalue weighted by Gasteiger charge is 2.26. The Kier molecular flexibility index (Phi) is 4.32. The van der Waals surface area contributed by atoms with E-state index in [9.17, 15) is 4.79 Å². The Hall–Kier alpha value is -2.17. The number of benzene rings is 1. The summed E-state index contributed by atoms with van der Waals surface area (Å²) in [4.78, 5) is 17.5. The molecule has 2 N–H and O–H groups in total. The van der Waals surface area contributed by atoms with E-state index in [4.69, 9.17) is 4.74 Å². The summed E-state index contributed by atoms with van der Waals surface area (Å²) >= 11 is 0. The maximum absolute atomic E-state index is 12.3. The normalized spacial score (nSPS) is 19.8. The molecule has 1 saturated heterocycles. The zero-order valence-electron chi connectivity index (χ0n) is 14.0. The molecular formula is C19H25N3O2. The molecule has 0 bridgehead atoms. The van der Waals surface area contributed by atoms with Gasteiger partial charge in [0.15, 0.2) is 0 Å². The van der Waals surface area contributed by atoms with Crippen LogP contribution in [0.1, 0.15) is 38.5 Å². The van der Waals surface area contributed by atoms with E-state index in [1.54, 1.807) is 0 Å². The summed E-state index contributed by atoms with van der Waals surface area (Å²) in [7, 11) is 0. The Morgan fingerprint density at radius 3 is 2.71 bits per heavy atom. The number of H-pyrrole nitrogens is 1. The van der Waals surface area contributed by atoms with Crippen molar-refractivity contribution >= 4 is 16.9 Å². The summed E-state index contributed by atoms with van der Waals surface area (Å²) in [6.07, 6.45) is 8.64. The molecule has 128 valence electrons. The van der Waals surface area contributed by atoms with Gasteiger partial charge in [-0.1, -0.05) is 18.9 Å². The molecule has 24 heavy (non-hydrogen) atoms. The topological polar surface area (TPSA) is 57.4 Å². The molecule has 1 aliphatic heterocycles. The molecule has 0 spiro atoms. The number of hydrogen-bond acceptors (Lipinski definition) is 2. The number of amides is 2. The van der Waals surface area contributed by atoms with Crippen molar-refractivity contribution in [2.75, 3.05) is 13.1 Å². The van der Waals surface area contributed by atoms with Crippen LogP contribution in [-0.4, -0.2) is 41.2 Å². The molecule has 1 aromatic carbocycles. The van der Waals surface area contributed by atoms with E-state index in [0.717, 1.165) is 55.4 Å². The van der Waals surface area contributed by atoms with Crippen molar-refractivity contribution in [1.82, 2.24) is 15.2 Å². The third-order valence-corrected chi connectivity index (χ3v) is 5.26.